The monoisotopic (exact) mass is 349 g/mol. The molecule has 0 radical (unpaired) electrons. The van der Waals surface area contributed by atoms with Crippen molar-refractivity contribution in [2.24, 2.45) is 5.92 Å². The molecular formula is C22H23NO3. The van der Waals surface area contributed by atoms with Crippen LogP contribution >= 0.6 is 0 Å². The molecule has 2 aromatic rings. The number of carbonyl (C=O) groups excluding carboxylic acids is 2. The predicted molar refractivity (Wildman–Crippen MR) is 102 cm³/mol. The van der Waals surface area contributed by atoms with Gasteiger partial charge in [-0.15, -0.1) is 0 Å². The Balaban J connectivity index is 2.23. The number of aryl methyl sites for hydroxylation is 1. The normalized spacial score (nSPS) is 17.3. The summed E-state index contributed by atoms with van der Waals surface area (Å²) in [5.74, 6) is -1.50. The second-order valence-corrected chi connectivity index (χ2v) is 6.99. The maximum absolute atomic E-state index is 13.0. The van der Waals surface area contributed by atoms with Gasteiger partial charge in [-0.2, -0.15) is 0 Å². The highest BCUT2D eigenvalue weighted by Gasteiger charge is 2.45. The number of ketones is 1. The third-order valence-corrected chi connectivity index (χ3v) is 4.95. The Morgan fingerprint density at radius 3 is 2.31 bits per heavy atom. The van der Waals surface area contributed by atoms with Crippen LogP contribution in [0.25, 0.3) is 0 Å². The zero-order valence-electron chi connectivity index (χ0n) is 15.5. The van der Waals surface area contributed by atoms with Crippen LogP contribution in [-0.2, 0) is 9.59 Å². The second kappa shape index (κ2) is 6.79. The van der Waals surface area contributed by atoms with Crippen LogP contribution in [0.15, 0.2) is 59.9 Å². The zero-order valence-corrected chi connectivity index (χ0v) is 15.5. The minimum absolute atomic E-state index is 0.178. The van der Waals surface area contributed by atoms with Gasteiger partial charge in [0.25, 0.3) is 5.91 Å². The van der Waals surface area contributed by atoms with Gasteiger partial charge < -0.3 is 5.11 Å². The molecule has 0 aromatic heterocycles. The molecule has 1 amide bonds. The van der Waals surface area contributed by atoms with Crippen molar-refractivity contribution >= 4 is 17.4 Å². The van der Waals surface area contributed by atoms with Gasteiger partial charge >= 0.3 is 0 Å². The standard InChI is InChI=1S/C22H23NO3/c1-13(2)20(24)18-19(16-10-6-5-7-11-16)23(22(26)21(18)25)17-12-8-9-14(3)15(17)4/h5-13,19,25H,1-4H3. The van der Waals surface area contributed by atoms with Crippen LogP contribution in [0.2, 0.25) is 0 Å². The van der Waals surface area contributed by atoms with E-state index < -0.39 is 17.7 Å². The lowest BCUT2D eigenvalue weighted by molar-refractivity contribution is -0.119. The molecule has 1 atom stereocenters. The number of nitrogens with zero attached hydrogens (tertiary/aromatic N) is 1. The van der Waals surface area contributed by atoms with Crippen molar-refractivity contribution in [3.05, 3.63) is 76.6 Å². The molecule has 0 spiro atoms. The third kappa shape index (κ3) is 2.81. The number of anilines is 1. The van der Waals surface area contributed by atoms with Crippen LogP contribution < -0.4 is 4.90 Å². The van der Waals surface area contributed by atoms with E-state index in [2.05, 4.69) is 0 Å². The van der Waals surface area contributed by atoms with E-state index in [0.717, 1.165) is 16.7 Å². The molecule has 0 saturated carbocycles. The summed E-state index contributed by atoms with van der Waals surface area (Å²) in [6.45, 7) is 7.47. The molecule has 3 rings (SSSR count). The van der Waals surface area contributed by atoms with Crippen LogP contribution in [0.5, 0.6) is 0 Å². The maximum atomic E-state index is 13.0. The van der Waals surface area contributed by atoms with Crippen molar-refractivity contribution in [2.75, 3.05) is 4.90 Å². The van der Waals surface area contributed by atoms with E-state index in [-0.39, 0.29) is 17.3 Å². The van der Waals surface area contributed by atoms with Crippen molar-refractivity contribution in [3.8, 4) is 0 Å². The minimum atomic E-state index is -0.626. The number of aliphatic hydroxyl groups is 1. The first-order valence-electron chi connectivity index (χ1n) is 8.76. The van der Waals surface area contributed by atoms with Crippen molar-refractivity contribution in [2.45, 2.75) is 33.7 Å². The summed E-state index contributed by atoms with van der Waals surface area (Å²) in [4.78, 5) is 27.3. The number of hydrogen-bond acceptors (Lipinski definition) is 3. The molecule has 0 aliphatic carbocycles. The smallest absolute Gasteiger partial charge is 0.294 e. The lowest BCUT2D eigenvalue weighted by Crippen LogP contribution is -2.32. The first-order chi connectivity index (χ1) is 12.3. The molecule has 1 heterocycles. The fraction of sp³-hybridized carbons (Fsp3) is 0.273. The summed E-state index contributed by atoms with van der Waals surface area (Å²) < 4.78 is 0. The maximum Gasteiger partial charge on any atom is 0.294 e. The Morgan fingerprint density at radius 1 is 1.04 bits per heavy atom. The Kier molecular flexibility index (Phi) is 4.68. The van der Waals surface area contributed by atoms with Crippen molar-refractivity contribution in [1.82, 2.24) is 0 Å². The van der Waals surface area contributed by atoms with Gasteiger partial charge in [-0.25, -0.2) is 0 Å². The first-order valence-corrected chi connectivity index (χ1v) is 8.76. The van der Waals surface area contributed by atoms with E-state index in [1.54, 1.807) is 18.7 Å². The van der Waals surface area contributed by atoms with Gasteiger partial charge in [0.15, 0.2) is 11.5 Å². The highest BCUT2D eigenvalue weighted by molar-refractivity contribution is 6.17. The molecular weight excluding hydrogens is 326 g/mol. The summed E-state index contributed by atoms with van der Waals surface area (Å²) in [5.41, 5.74) is 3.69. The molecule has 0 fully saturated rings. The summed E-state index contributed by atoms with van der Waals surface area (Å²) in [5, 5.41) is 10.6. The lowest BCUT2D eigenvalue weighted by Gasteiger charge is -2.29. The fourth-order valence-corrected chi connectivity index (χ4v) is 3.36. The molecule has 1 N–H and O–H groups in total. The first kappa shape index (κ1) is 17.9. The van der Waals surface area contributed by atoms with Crippen LogP contribution in [-0.4, -0.2) is 16.8 Å². The highest BCUT2D eigenvalue weighted by Crippen LogP contribution is 2.43. The van der Waals surface area contributed by atoms with Gasteiger partial charge in [-0.1, -0.05) is 56.3 Å². The molecule has 4 nitrogen and oxygen atoms in total. The van der Waals surface area contributed by atoms with E-state index in [4.69, 9.17) is 0 Å². The molecule has 0 bridgehead atoms. The Bertz CT molecular complexity index is 897. The van der Waals surface area contributed by atoms with Gasteiger partial charge in [-0.05, 0) is 36.6 Å². The SMILES string of the molecule is Cc1cccc(N2C(=O)C(O)=C(C(=O)C(C)C)C2c2ccccc2)c1C. The summed E-state index contributed by atoms with van der Waals surface area (Å²) >= 11 is 0. The van der Waals surface area contributed by atoms with E-state index in [0.29, 0.717) is 5.69 Å². The highest BCUT2D eigenvalue weighted by atomic mass is 16.3. The zero-order chi connectivity index (χ0) is 19.0. The number of rotatable bonds is 4. The van der Waals surface area contributed by atoms with Gasteiger partial charge in [0.1, 0.15) is 0 Å². The third-order valence-electron chi connectivity index (χ3n) is 4.95. The van der Waals surface area contributed by atoms with E-state index in [1.165, 1.54) is 0 Å². The van der Waals surface area contributed by atoms with Crippen LogP contribution in [0.3, 0.4) is 0 Å². The molecule has 1 aliphatic heterocycles. The average Bonchev–Trinajstić information content (AvgIpc) is 2.89. The average molecular weight is 349 g/mol. The van der Waals surface area contributed by atoms with Gasteiger partial charge in [0.05, 0.1) is 11.6 Å². The Hall–Kier alpha value is -2.88. The predicted octanol–water partition coefficient (Wildman–Crippen LogP) is 4.43. The number of hydrogen-bond donors (Lipinski definition) is 1. The molecule has 4 heteroatoms. The number of carbonyl (C=O) groups is 2. The van der Waals surface area contributed by atoms with Crippen LogP contribution in [0.4, 0.5) is 5.69 Å². The minimum Gasteiger partial charge on any atom is -0.503 e. The largest absolute Gasteiger partial charge is 0.503 e. The van der Waals surface area contributed by atoms with E-state index in [9.17, 15) is 14.7 Å². The summed E-state index contributed by atoms with van der Waals surface area (Å²) in [7, 11) is 0. The topological polar surface area (TPSA) is 57.6 Å². The number of benzene rings is 2. The number of Topliss-reactive ketones (excluding diaryl/α,β-unsaturated/α-hetero) is 1. The summed E-state index contributed by atoms with van der Waals surface area (Å²) in [6.07, 6.45) is 0. The molecule has 2 aromatic carbocycles. The summed E-state index contributed by atoms with van der Waals surface area (Å²) in [6, 6.07) is 14.5. The molecule has 0 saturated heterocycles. The van der Waals surface area contributed by atoms with Gasteiger partial charge in [-0.3, -0.25) is 14.5 Å². The van der Waals surface area contributed by atoms with E-state index >= 15 is 0 Å². The lowest BCUT2D eigenvalue weighted by atomic mass is 9.91. The van der Waals surface area contributed by atoms with Crippen LogP contribution in [0.1, 0.15) is 36.6 Å². The van der Waals surface area contributed by atoms with Gasteiger partial charge in [0, 0.05) is 11.6 Å². The Labute approximate surface area is 153 Å². The molecule has 1 unspecified atom stereocenters. The number of aliphatic hydroxyl groups excluding tert-OH is 1. The fourth-order valence-electron chi connectivity index (χ4n) is 3.36. The quantitative estimate of drug-likeness (QED) is 0.888. The van der Waals surface area contributed by atoms with Crippen molar-refractivity contribution in [1.29, 1.82) is 0 Å². The second-order valence-electron chi connectivity index (χ2n) is 6.99. The number of amides is 1. The molecule has 1 aliphatic rings. The Morgan fingerprint density at radius 2 is 1.69 bits per heavy atom. The van der Waals surface area contributed by atoms with Crippen molar-refractivity contribution < 1.29 is 14.7 Å². The molecule has 134 valence electrons. The van der Waals surface area contributed by atoms with E-state index in [1.807, 2.05) is 62.4 Å². The van der Waals surface area contributed by atoms with Crippen molar-refractivity contribution in [3.63, 3.8) is 0 Å². The van der Waals surface area contributed by atoms with Gasteiger partial charge in [0.2, 0.25) is 0 Å². The van der Waals surface area contributed by atoms with Crippen LogP contribution in [0, 0.1) is 19.8 Å². The molecule has 26 heavy (non-hydrogen) atoms.